The van der Waals surface area contributed by atoms with Gasteiger partial charge in [-0.05, 0) is 46.1 Å². The minimum absolute atomic E-state index is 0.119. The van der Waals surface area contributed by atoms with Gasteiger partial charge in [-0.15, -0.1) is 11.3 Å². The van der Waals surface area contributed by atoms with Crippen LogP contribution in [0.1, 0.15) is 48.1 Å². The van der Waals surface area contributed by atoms with Crippen LogP contribution in [0.4, 0.5) is 0 Å². The SMILES string of the molecule is CC(C)(C)NC(=O)c1cn(COCC[Si](C)(C)C)nc1-c1nc2c(s1)CCC2. The number of ether oxygens (including phenoxy) is 1. The number of nitrogens with zero attached hydrogens (tertiary/aromatic N) is 3. The maximum absolute atomic E-state index is 12.9. The Bertz CT molecular complexity index is 824. The van der Waals surface area contributed by atoms with Crippen molar-refractivity contribution in [3.05, 3.63) is 22.3 Å². The molecule has 0 saturated heterocycles. The van der Waals surface area contributed by atoms with E-state index < -0.39 is 8.07 Å². The van der Waals surface area contributed by atoms with E-state index in [-0.39, 0.29) is 11.4 Å². The van der Waals surface area contributed by atoms with Gasteiger partial charge >= 0.3 is 0 Å². The number of carbonyl (C=O) groups excluding carboxylic acids is 1. The van der Waals surface area contributed by atoms with Crippen molar-refractivity contribution in [2.24, 2.45) is 0 Å². The van der Waals surface area contributed by atoms with Gasteiger partial charge < -0.3 is 10.1 Å². The van der Waals surface area contributed by atoms with Crippen molar-refractivity contribution in [1.29, 1.82) is 0 Å². The highest BCUT2D eigenvalue weighted by Gasteiger charge is 2.26. The lowest BCUT2D eigenvalue weighted by Crippen LogP contribution is -2.40. The van der Waals surface area contributed by atoms with Gasteiger partial charge in [0.05, 0.1) is 11.3 Å². The maximum atomic E-state index is 12.9. The summed E-state index contributed by atoms with van der Waals surface area (Å²) in [5.41, 5.74) is 2.09. The van der Waals surface area contributed by atoms with E-state index in [9.17, 15) is 4.79 Å². The molecule has 28 heavy (non-hydrogen) atoms. The van der Waals surface area contributed by atoms with Crippen LogP contribution in [0.15, 0.2) is 6.20 Å². The molecule has 2 heterocycles. The summed E-state index contributed by atoms with van der Waals surface area (Å²) in [5, 5.41) is 8.55. The first-order chi connectivity index (χ1) is 13.0. The van der Waals surface area contributed by atoms with Crippen LogP contribution in [0, 0.1) is 0 Å². The number of aromatic nitrogens is 3. The number of nitrogens with one attached hydrogen (secondary N) is 1. The number of fused-ring (bicyclic) bond motifs is 1. The fourth-order valence-corrected chi connectivity index (χ4v) is 4.95. The standard InChI is InChI=1S/C20H32N4O2SSi/c1-20(2,3)22-18(25)14-12-24(13-26-10-11-28(4,5)6)23-17(14)19-21-15-8-7-9-16(15)27-19/h12H,7-11,13H2,1-6H3,(H,22,25). The summed E-state index contributed by atoms with van der Waals surface area (Å²) in [6, 6.07) is 1.11. The van der Waals surface area contributed by atoms with Crippen LogP contribution in [0.3, 0.4) is 0 Å². The van der Waals surface area contributed by atoms with Crippen LogP contribution in [0.5, 0.6) is 0 Å². The topological polar surface area (TPSA) is 69.0 Å². The molecular weight excluding hydrogens is 388 g/mol. The van der Waals surface area contributed by atoms with Crippen LogP contribution in [-0.2, 0) is 24.3 Å². The number of hydrogen-bond acceptors (Lipinski definition) is 5. The average Bonchev–Trinajstić information content (AvgIpc) is 3.22. The van der Waals surface area contributed by atoms with E-state index in [4.69, 9.17) is 9.72 Å². The lowest BCUT2D eigenvalue weighted by atomic mass is 10.1. The zero-order valence-electron chi connectivity index (χ0n) is 17.9. The van der Waals surface area contributed by atoms with E-state index in [0.717, 1.165) is 30.5 Å². The molecule has 0 atom stereocenters. The normalized spacial score (nSPS) is 14.4. The molecule has 1 amide bonds. The molecule has 0 radical (unpaired) electrons. The Morgan fingerprint density at radius 3 is 2.71 bits per heavy atom. The van der Waals surface area contributed by atoms with E-state index >= 15 is 0 Å². The molecule has 2 aromatic rings. The molecule has 154 valence electrons. The van der Waals surface area contributed by atoms with Gasteiger partial charge in [0.15, 0.2) is 0 Å². The molecule has 3 rings (SSSR count). The van der Waals surface area contributed by atoms with E-state index in [1.807, 2.05) is 20.8 Å². The van der Waals surface area contributed by atoms with Crippen molar-refractivity contribution in [3.8, 4) is 10.7 Å². The van der Waals surface area contributed by atoms with Gasteiger partial charge in [-0.3, -0.25) is 4.79 Å². The van der Waals surface area contributed by atoms with Crippen LogP contribution in [0.25, 0.3) is 10.7 Å². The van der Waals surface area contributed by atoms with Crippen molar-refractivity contribution in [3.63, 3.8) is 0 Å². The Labute approximate surface area is 172 Å². The summed E-state index contributed by atoms with van der Waals surface area (Å²) >= 11 is 1.67. The van der Waals surface area contributed by atoms with E-state index in [0.29, 0.717) is 18.0 Å². The van der Waals surface area contributed by atoms with Crippen molar-refractivity contribution in [2.75, 3.05) is 6.61 Å². The molecule has 0 spiro atoms. The molecule has 1 N–H and O–H groups in total. The molecule has 6 nitrogen and oxygen atoms in total. The van der Waals surface area contributed by atoms with Gasteiger partial charge in [0.2, 0.25) is 0 Å². The average molecular weight is 421 g/mol. The van der Waals surface area contributed by atoms with Gasteiger partial charge in [0.1, 0.15) is 17.4 Å². The fraction of sp³-hybridized carbons (Fsp3) is 0.650. The fourth-order valence-electron chi connectivity index (χ4n) is 3.05. The summed E-state index contributed by atoms with van der Waals surface area (Å²) in [6.45, 7) is 14.0. The van der Waals surface area contributed by atoms with Crippen LogP contribution < -0.4 is 5.32 Å². The largest absolute Gasteiger partial charge is 0.360 e. The minimum atomic E-state index is -1.13. The molecule has 0 saturated carbocycles. The highest BCUT2D eigenvalue weighted by Crippen LogP contribution is 2.34. The Morgan fingerprint density at radius 1 is 1.32 bits per heavy atom. The quantitative estimate of drug-likeness (QED) is 0.534. The number of carbonyl (C=O) groups is 1. The maximum Gasteiger partial charge on any atom is 0.255 e. The first-order valence-electron chi connectivity index (χ1n) is 9.98. The van der Waals surface area contributed by atoms with Gasteiger partial charge in [0.25, 0.3) is 5.91 Å². The van der Waals surface area contributed by atoms with Crippen molar-refractivity contribution in [1.82, 2.24) is 20.1 Å². The van der Waals surface area contributed by atoms with Crippen LogP contribution in [-0.4, -0.2) is 40.9 Å². The third-order valence-corrected chi connectivity index (χ3v) is 7.38. The highest BCUT2D eigenvalue weighted by atomic mass is 32.1. The zero-order chi connectivity index (χ0) is 20.5. The molecule has 0 bridgehead atoms. The van der Waals surface area contributed by atoms with Crippen molar-refractivity contribution in [2.45, 2.75) is 78.0 Å². The Kier molecular flexibility index (Phi) is 6.12. The minimum Gasteiger partial charge on any atom is -0.360 e. The zero-order valence-corrected chi connectivity index (χ0v) is 19.7. The summed E-state index contributed by atoms with van der Waals surface area (Å²) in [7, 11) is -1.13. The summed E-state index contributed by atoms with van der Waals surface area (Å²) in [5.74, 6) is -0.119. The lowest BCUT2D eigenvalue weighted by molar-refractivity contribution is 0.0785. The summed E-state index contributed by atoms with van der Waals surface area (Å²) < 4.78 is 7.55. The predicted molar refractivity (Wildman–Crippen MR) is 117 cm³/mol. The number of amides is 1. The number of hydrogen-bond donors (Lipinski definition) is 1. The second-order valence-electron chi connectivity index (χ2n) is 9.73. The number of aryl methyl sites for hydroxylation is 2. The molecule has 1 aliphatic rings. The monoisotopic (exact) mass is 420 g/mol. The second-order valence-corrected chi connectivity index (χ2v) is 16.4. The Hall–Kier alpha value is -1.51. The highest BCUT2D eigenvalue weighted by molar-refractivity contribution is 7.15. The van der Waals surface area contributed by atoms with E-state index in [1.54, 1.807) is 22.2 Å². The Balaban J connectivity index is 1.81. The number of thiazole rings is 1. The lowest BCUT2D eigenvalue weighted by Gasteiger charge is -2.20. The second kappa shape index (κ2) is 8.08. The van der Waals surface area contributed by atoms with E-state index in [2.05, 4.69) is 30.1 Å². The molecule has 0 aromatic carbocycles. The molecule has 0 aliphatic heterocycles. The molecule has 0 fully saturated rings. The Morgan fingerprint density at radius 2 is 2.07 bits per heavy atom. The molecule has 0 unspecified atom stereocenters. The van der Waals surface area contributed by atoms with Crippen molar-refractivity contribution < 1.29 is 9.53 Å². The van der Waals surface area contributed by atoms with Crippen LogP contribution in [0.2, 0.25) is 25.7 Å². The smallest absolute Gasteiger partial charge is 0.255 e. The molecule has 8 heteroatoms. The third kappa shape index (κ3) is 5.52. The predicted octanol–water partition coefficient (Wildman–Crippen LogP) is 4.34. The molecule has 1 aliphatic carbocycles. The first kappa shape index (κ1) is 21.2. The van der Waals surface area contributed by atoms with Gasteiger partial charge in [0, 0.05) is 31.3 Å². The van der Waals surface area contributed by atoms with Gasteiger partial charge in [-0.25, -0.2) is 9.67 Å². The van der Waals surface area contributed by atoms with Gasteiger partial charge in [-0.1, -0.05) is 19.6 Å². The molecule has 2 aromatic heterocycles. The third-order valence-electron chi connectivity index (χ3n) is 4.51. The van der Waals surface area contributed by atoms with Crippen molar-refractivity contribution >= 4 is 25.3 Å². The van der Waals surface area contributed by atoms with Crippen LogP contribution >= 0.6 is 11.3 Å². The summed E-state index contributed by atoms with van der Waals surface area (Å²) in [6.07, 6.45) is 5.07. The molecular formula is C20H32N4O2SSi. The summed E-state index contributed by atoms with van der Waals surface area (Å²) in [4.78, 5) is 19.0. The van der Waals surface area contributed by atoms with Gasteiger partial charge in [-0.2, -0.15) is 5.10 Å². The number of rotatable bonds is 7. The van der Waals surface area contributed by atoms with E-state index in [1.165, 1.54) is 17.0 Å². The first-order valence-corrected chi connectivity index (χ1v) is 14.5.